The van der Waals surface area contributed by atoms with E-state index in [1.165, 1.54) is 18.2 Å². The minimum atomic E-state index is -4.69. The largest absolute Gasteiger partial charge is 0.491 e. The summed E-state index contributed by atoms with van der Waals surface area (Å²) in [6.45, 7) is 4.19. The van der Waals surface area contributed by atoms with Crippen LogP contribution in [0.2, 0.25) is 0 Å². The molecule has 1 fully saturated rings. The molecule has 1 N–H and O–H groups in total. The smallest absolute Gasteiger partial charge is 0.468 e. The Kier molecular flexibility index (Phi) is 5.21. The maximum atomic E-state index is 13.8. The summed E-state index contributed by atoms with van der Waals surface area (Å²) in [5.41, 5.74) is 1.21. The van der Waals surface area contributed by atoms with E-state index in [-0.39, 0.29) is 29.3 Å². The molecule has 2 aliphatic heterocycles. The van der Waals surface area contributed by atoms with Gasteiger partial charge in [-0.2, -0.15) is 13.2 Å². The summed E-state index contributed by atoms with van der Waals surface area (Å²) in [6.07, 6.45) is -4.66. The van der Waals surface area contributed by atoms with Crippen molar-refractivity contribution in [1.29, 1.82) is 0 Å². The zero-order valence-corrected chi connectivity index (χ0v) is 17.2. The first kappa shape index (κ1) is 21.0. The van der Waals surface area contributed by atoms with Gasteiger partial charge in [0.05, 0.1) is 30.5 Å². The molecule has 0 spiro atoms. The van der Waals surface area contributed by atoms with Gasteiger partial charge in [0.1, 0.15) is 23.7 Å². The van der Waals surface area contributed by atoms with Crippen molar-refractivity contribution in [2.24, 2.45) is 0 Å². The molecule has 5 rings (SSSR count). The highest BCUT2D eigenvalue weighted by atomic mass is 19.4. The van der Waals surface area contributed by atoms with Gasteiger partial charge in [-0.05, 0) is 25.1 Å². The third-order valence-electron chi connectivity index (χ3n) is 5.82. The average molecular weight is 451 g/mol. The zero-order chi connectivity index (χ0) is 22.5. The molecule has 2 aromatic carbocycles. The molecule has 32 heavy (non-hydrogen) atoms. The molecule has 3 aromatic rings. The molecular formula is C22H21F4N3O3. The van der Waals surface area contributed by atoms with Crippen LogP contribution in [0.25, 0.3) is 11.1 Å². The number of aromatic nitrogens is 1. The lowest BCUT2D eigenvalue weighted by Gasteiger charge is -2.43. The van der Waals surface area contributed by atoms with Crippen molar-refractivity contribution >= 4 is 16.8 Å². The molecule has 0 unspecified atom stereocenters. The summed E-state index contributed by atoms with van der Waals surface area (Å²) in [5.74, 6) is -1.32. The Hall–Kier alpha value is -2.85. The van der Waals surface area contributed by atoms with E-state index < -0.39 is 17.9 Å². The van der Waals surface area contributed by atoms with E-state index in [0.717, 1.165) is 0 Å². The lowest BCUT2D eigenvalue weighted by atomic mass is 9.94. The molecule has 0 bridgehead atoms. The van der Waals surface area contributed by atoms with Crippen LogP contribution in [-0.2, 0) is 10.9 Å². The van der Waals surface area contributed by atoms with Gasteiger partial charge in [-0.25, -0.2) is 9.37 Å². The molecule has 0 aliphatic carbocycles. The van der Waals surface area contributed by atoms with Crippen molar-refractivity contribution in [3.63, 3.8) is 0 Å². The van der Waals surface area contributed by atoms with Crippen molar-refractivity contribution in [1.82, 2.24) is 9.88 Å². The summed E-state index contributed by atoms with van der Waals surface area (Å²) in [7, 11) is 0. The van der Waals surface area contributed by atoms with Crippen LogP contribution in [0.4, 0.5) is 23.2 Å². The van der Waals surface area contributed by atoms with E-state index in [0.29, 0.717) is 43.3 Å². The molecule has 0 saturated carbocycles. The van der Waals surface area contributed by atoms with Gasteiger partial charge in [-0.15, -0.1) is 0 Å². The molecule has 6 nitrogen and oxygen atoms in total. The van der Waals surface area contributed by atoms with E-state index >= 15 is 0 Å². The minimum absolute atomic E-state index is 0.0177. The van der Waals surface area contributed by atoms with Crippen LogP contribution in [-0.4, -0.2) is 48.3 Å². The van der Waals surface area contributed by atoms with Gasteiger partial charge in [0.25, 0.3) is 0 Å². The number of benzene rings is 2. The standard InChI is InChI=1S/C22H21F4N3O3/c1-12-10-29(7-8-30-12)17-11-31-18-9-13(23)5-6-14(18)19(17)27-15-3-2-4-16-20(15)32-21(28-16)22(24,25)26/h2-6,9,12,17,19,27H,7-8,10-11H2,1H3/t12-,17+,19+/m1/s1. The minimum Gasteiger partial charge on any atom is -0.491 e. The number of alkyl halides is 3. The van der Waals surface area contributed by atoms with Crippen LogP contribution >= 0.6 is 0 Å². The highest BCUT2D eigenvalue weighted by Gasteiger charge is 2.39. The Bertz CT molecular complexity index is 1130. The molecule has 3 atom stereocenters. The molecule has 3 heterocycles. The van der Waals surface area contributed by atoms with Gasteiger partial charge in [0.15, 0.2) is 5.58 Å². The maximum Gasteiger partial charge on any atom is 0.468 e. The third kappa shape index (κ3) is 3.88. The molecule has 10 heteroatoms. The van der Waals surface area contributed by atoms with Crippen molar-refractivity contribution in [3.8, 4) is 5.75 Å². The summed E-state index contributed by atoms with van der Waals surface area (Å²) in [4.78, 5) is 5.80. The van der Waals surface area contributed by atoms with E-state index in [2.05, 4.69) is 15.2 Å². The fourth-order valence-corrected chi connectivity index (χ4v) is 4.36. The Morgan fingerprint density at radius 3 is 2.81 bits per heavy atom. The maximum absolute atomic E-state index is 13.8. The summed E-state index contributed by atoms with van der Waals surface area (Å²) >= 11 is 0. The number of rotatable bonds is 3. The first-order valence-corrected chi connectivity index (χ1v) is 10.3. The number of nitrogens with zero attached hydrogens (tertiary/aromatic N) is 2. The second-order valence-electron chi connectivity index (χ2n) is 8.03. The van der Waals surface area contributed by atoms with Gasteiger partial charge in [0, 0.05) is 24.7 Å². The number of hydrogen-bond donors (Lipinski definition) is 1. The SMILES string of the molecule is C[C@@H]1CN([C@H]2COc3cc(F)ccc3[C@@H]2Nc2cccc3nc(C(F)(F)F)oc23)CCO1. The Morgan fingerprint density at radius 2 is 2.03 bits per heavy atom. The topological polar surface area (TPSA) is 59.8 Å². The van der Waals surface area contributed by atoms with Crippen molar-refractivity contribution in [3.05, 3.63) is 53.7 Å². The van der Waals surface area contributed by atoms with Gasteiger partial charge in [-0.3, -0.25) is 4.90 Å². The van der Waals surface area contributed by atoms with Crippen LogP contribution in [0.1, 0.15) is 24.4 Å². The Labute approximate surface area is 181 Å². The number of nitrogens with one attached hydrogen (secondary N) is 1. The number of morpholine rings is 1. The summed E-state index contributed by atoms with van der Waals surface area (Å²) in [5, 5.41) is 3.34. The highest BCUT2D eigenvalue weighted by Crippen LogP contribution is 2.40. The Morgan fingerprint density at radius 1 is 1.19 bits per heavy atom. The van der Waals surface area contributed by atoms with E-state index in [1.54, 1.807) is 18.2 Å². The normalized spacial score (nSPS) is 24.2. The average Bonchev–Trinajstić information content (AvgIpc) is 3.20. The quantitative estimate of drug-likeness (QED) is 0.587. The lowest BCUT2D eigenvalue weighted by molar-refractivity contribution is -0.156. The fourth-order valence-electron chi connectivity index (χ4n) is 4.36. The second kappa shape index (κ2) is 7.93. The van der Waals surface area contributed by atoms with Crippen LogP contribution in [0, 0.1) is 5.82 Å². The molecule has 1 saturated heterocycles. The predicted molar refractivity (Wildman–Crippen MR) is 108 cm³/mol. The third-order valence-corrected chi connectivity index (χ3v) is 5.82. The summed E-state index contributed by atoms with van der Waals surface area (Å²) < 4.78 is 69.9. The monoisotopic (exact) mass is 451 g/mol. The number of para-hydroxylation sites is 1. The van der Waals surface area contributed by atoms with Crippen molar-refractivity contribution < 1.29 is 31.5 Å². The van der Waals surface area contributed by atoms with E-state index in [9.17, 15) is 17.6 Å². The first-order chi connectivity index (χ1) is 15.3. The second-order valence-corrected chi connectivity index (χ2v) is 8.03. The number of hydrogen-bond acceptors (Lipinski definition) is 6. The van der Waals surface area contributed by atoms with Gasteiger partial charge < -0.3 is 19.2 Å². The van der Waals surface area contributed by atoms with E-state index in [1.807, 2.05) is 6.92 Å². The number of oxazole rings is 1. The molecule has 0 radical (unpaired) electrons. The number of anilines is 1. The Balaban J connectivity index is 1.55. The molecule has 0 amide bonds. The van der Waals surface area contributed by atoms with Crippen LogP contribution in [0.15, 0.2) is 40.8 Å². The lowest BCUT2D eigenvalue weighted by Crippen LogP contribution is -2.54. The van der Waals surface area contributed by atoms with Crippen molar-refractivity contribution in [2.75, 3.05) is 31.6 Å². The first-order valence-electron chi connectivity index (χ1n) is 10.3. The van der Waals surface area contributed by atoms with Crippen LogP contribution < -0.4 is 10.1 Å². The van der Waals surface area contributed by atoms with Gasteiger partial charge in [0.2, 0.25) is 0 Å². The summed E-state index contributed by atoms with van der Waals surface area (Å²) in [6, 6.07) is 8.49. The van der Waals surface area contributed by atoms with Crippen molar-refractivity contribution in [2.45, 2.75) is 31.3 Å². The number of ether oxygens (including phenoxy) is 2. The number of halogens is 4. The van der Waals surface area contributed by atoms with Crippen LogP contribution in [0.3, 0.4) is 0 Å². The zero-order valence-electron chi connectivity index (χ0n) is 17.2. The fraction of sp³-hybridized carbons (Fsp3) is 0.409. The van der Waals surface area contributed by atoms with Gasteiger partial charge in [-0.1, -0.05) is 12.1 Å². The molecule has 2 aliphatic rings. The number of fused-ring (bicyclic) bond motifs is 2. The predicted octanol–water partition coefficient (Wildman–Crippen LogP) is 4.62. The molecule has 1 aromatic heterocycles. The molecule has 170 valence electrons. The van der Waals surface area contributed by atoms with E-state index in [4.69, 9.17) is 13.9 Å². The van der Waals surface area contributed by atoms with Gasteiger partial charge >= 0.3 is 12.1 Å². The highest BCUT2D eigenvalue weighted by molar-refractivity contribution is 5.86. The molecular weight excluding hydrogens is 430 g/mol. The van der Waals surface area contributed by atoms with Crippen LogP contribution in [0.5, 0.6) is 5.75 Å².